The second kappa shape index (κ2) is 5.44. The van der Waals surface area contributed by atoms with Crippen molar-refractivity contribution in [1.29, 1.82) is 5.41 Å². The predicted molar refractivity (Wildman–Crippen MR) is 85.7 cm³/mol. The molecule has 2 rings (SSSR count). The van der Waals surface area contributed by atoms with Crippen LogP contribution in [-0.4, -0.2) is 44.0 Å². The lowest BCUT2D eigenvalue weighted by molar-refractivity contribution is 0.0683. The van der Waals surface area contributed by atoms with Gasteiger partial charge < -0.3 is 15.5 Å². The average molecular weight is 274 g/mol. The fourth-order valence-corrected chi connectivity index (χ4v) is 3.24. The molecule has 1 saturated carbocycles. The number of nitrogen functional groups attached to an aromatic ring is 1. The zero-order valence-electron chi connectivity index (χ0n) is 13.0. The van der Waals surface area contributed by atoms with Gasteiger partial charge >= 0.3 is 0 Å². The maximum absolute atomic E-state index is 7.78. The molecule has 0 heterocycles. The van der Waals surface area contributed by atoms with Gasteiger partial charge in [-0.05, 0) is 51.9 Å². The number of para-hydroxylation sites is 1. The number of likely N-dealkylation sites (N-methyl/N-ethyl adjacent to an activating group) is 2. The average Bonchev–Trinajstić information content (AvgIpc) is 2.32. The van der Waals surface area contributed by atoms with Gasteiger partial charge in [-0.2, -0.15) is 0 Å². The zero-order chi connectivity index (χ0) is 14.9. The van der Waals surface area contributed by atoms with E-state index in [1.54, 1.807) is 0 Å². The standard InChI is InChI=1S/C16H26N4/c1-12-7-5-8-13(15(17)18)14(12)20(4)11-16(19(2)3)9-6-10-16/h5,7-8H,6,9-11H2,1-4H3,(H3,17,18). The zero-order valence-corrected chi connectivity index (χ0v) is 13.0. The summed E-state index contributed by atoms with van der Waals surface area (Å²) >= 11 is 0. The molecule has 0 unspecified atom stereocenters. The molecule has 0 spiro atoms. The summed E-state index contributed by atoms with van der Waals surface area (Å²) in [6.07, 6.45) is 3.79. The second-order valence-electron chi connectivity index (χ2n) is 6.21. The third kappa shape index (κ3) is 2.52. The van der Waals surface area contributed by atoms with Crippen LogP contribution in [0.2, 0.25) is 0 Å². The lowest BCUT2D eigenvalue weighted by atomic mass is 9.75. The molecular weight excluding hydrogens is 248 g/mol. The largest absolute Gasteiger partial charge is 0.384 e. The van der Waals surface area contributed by atoms with E-state index in [0.29, 0.717) is 0 Å². The molecular formula is C16H26N4. The van der Waals surface area contributed by atoms with Crippen molar-refractivity contribution in [3.05, 3.63) is 29.3 Å². The number of amidine groups is 1. The maximum atomic E-state index is 7.78. The SMILES string of the molecule is Cc1cccc(C(=N)N)c1N(C)CC1(N(C)C)CCC1. The number of aryl methyl sites for hydroxylation is 1. The highest BCUT2D eigenvalue weighted by molar-refractivity contribution is 6.01. The summed E-state index contributed by atoms with van der Waals surface area (Å²) in [5.41, 5.74) is 9.11. The van der Waals surface area contributed by atoms with Crippen LogP contribution in [0.15, 0.2) is 18.2 Å². The molecule has 4 heteroatoms. The smallest absolute Gasteiger partial charge is 0.124 e. The summed E-state index contributed by atoms with van der Waals surface area (Å²) in [6, 6.07) is 5.99. The number of anilines is 1. The quantitative estimate of drug-likeness (QED) is 0.639. The molecule has 4 nitrogen and oxygen atoms in total. The molecule has 20 heavy (non-hydrogen) atoms. The van der Waals surface area contributed by atoms with Gasteiger partial charge in [0.2, 0.25) is 0 Å². The van der Waals surface area contributed by atoms with E-state index in [1.165, 1.54) is 24.8 Å². The van der Waals surface area contributed by atoms with Crippen LogP contribution in [0.3, 0.4) is 0 Å². The first-order valence-electron chi connectivity index (χ1n) is 7.20. The summed E-state index contributed by atoms with van der Waals surface area (Å²) in [5.74, 6) is 0.142. The first-order valence-corrected chi connectivity index (χ1v) is 7.20. The van der Waals surface area contributed by atoms with E-state index in [-0.39, 0.29) is 11.4 Å². The fourth-order valence-electron chi connectivity index (χ4n) is 3.24. The first-order chi connectivity index (χ1) is 9.37. The Labute approximate surface area is 122 Å². The Morgan fingerprint density at radius 1 is 1.30 bits per heavy atom. The Balaban J connectivity index is 2.30. The molecule has 110 valence electrons. The Hall–Kier alpha value is -1.55. The molecule has 3 N–H and O–H groups in total. The van der Waals surface area contributed by atoms with Crippen LogP contribution < -0.4 is 10.6 Å². The number of hydrogen-bond donors (Lipinski definition) is 2. The number of rotatable bonds is 5. The first kappa shape index (κ1) is 14.9. The van der Waals surface area contributed by atoms with Gasteiger partial charge in [0, 0.05) is 24.7 Å². The topological polar surface area (TPSA) is 56.4 Å². The van der Waals surface area contributed by atoms with Crippen molar-refractivity contribution < 1.29 is 0 Å². The Bertz CT molecular complexity index is 503. The van der Waals surface area contributed by atoms with Crippen LogP contribution >= 0.6 is 0 Å². The minimum absolute atomic E-state index is 0.142. The summed E-state index contributed by atoms with van der Waals surface area (Å²) in [5, 5.41) is 7.78. The van der Waals surface area contributed by atoms with Gasteiger partial charge in [-0.25, -0.2) is 0 Å². The Kier molecular flexibility index (Phi) is 4.04. The van der Waals surface area contributed by atoms with Gasteiger partial charge in [-0.3, -0.25) is 5.41 Å². The fraction of sp³-hybridized carbons (Fsp3) is 0.562. The van der Waals surface area contributed by atoms with Gasteiger partial charge in [0.15, 0.2) is 0 Å². The van der Waals surface area contributed by atoms with Crippen LogP contribution in [0, 0.1) is 12.3 Å². The molecule has 0 atom stereocenters. The van der Waals surface area contributed by atoms with Crippen molar-refractivity contribution in [1.82, 2.24) is 4.90 Å². The summed E-state index contributed by atoms with van der Waals surface area (Å²) in [7, 11) is 6.44. The number of nitrogens with zero attached hydrogens (tertiary/aromatic N) is 2. The van der Waals surface area contributed by atoms with E-state index >= 15 is 0 Å². The van der Waals surface area contributed by atoms with Crippen molar-refractivity contribution in [2.45, 2.75) is 31.7 Å². The van der Waals surface area contributed by atoms with Crippen LogP contribution in [0.5, 0.6) is 0 Å². The van der Waals surface area contributed by atoms with Crippen LogP contribution in [0.1, 0.15) is 30.4 Å². The third-order valence-corrected chi connectivity index (χ3v) is 4.67. The molecule has 0 bridgehead atoms. The highest BCUT2D eigenvalue weighted by Gasteiger charge is 2.40. The number of nitrogens with one attached hydrogen (secondary N) is 1. The maximum Gasteiger partial charge on any atom is 0.124 e. The van der Waals surface area contributed by atoms with Gasteiger partial charge in [-0.15, -0.1) is 0 Å². The molecule has 1 fully saturated rings. The van der Waals surface area contributed by atoms with Gasteiger partial charge in [0.05, 0.1) is 5.69 Å². The van der Waals surface area contributed by atoms with E-state index in [0.717, 1.165) is 17.8 Å². The normalized spacial score (nSPS) is 16.9. The number of hydrogen-bond acceptors (Lipinski definition) is 3. The summed E-state index contributed by atoms with van der Waals surface area (Å²) < 4.78 is 0. The minimum Gasteiger partial charge on any atom is -0.384 e. The molecule has 1 aliphatic rings. The van der Waals surface area contributed by atoms with E-state index in [9.17, 15) is 0 Å². The van der Waals surface area contributed by atoms with Crippen LogP contribution in [-0.2, 0) is 0 Å². The van der Waals surface area contributed by atoms with Gasteiger partial charge in [0.25, 0.3) is 0 Å². The summed E-state index contributed by atoms with van der Waals surface area (Å²) in [4.78, 5) is 4.62. The summed E-state index contributed by atoms with van der Waals surface area (Å²) in [6.45, 7) is 3.06. The Morgan fingerprint density at radius 3 is 2.40 bits per heavy atom. The molecule has 0 radical (unpaired) electrons. The number of benzene rings is 1. The van der Waals surface area contributed by atoms with Crippen molar-refractivity contribution >= 4 is 11.5 Å². The van der Waals surface area contributed by atoms with Crippen LogP contribution in [0.25, 0.3) is 0 Å². The third-order valence-electron chi connectivity index (χ3n) is 4.67. The molecule has 0 saturated heterocycles. The number of nitrogens with two attached hydrogens (primary N) is 1. The van der Waals surface area contributed by atoms with Gasteiger partial charge in [0.1, 0.15) is 5.84 Å². The van der Waals surface area contributed by atoms with E-state index < -0.39 is 0 Å². The Morgan fingerprint density at radius 2 is 1.95 bits per heavy atom. The van der Waals surface area contributed by atoms with Crippen molar-refractivity contribution in [3.8, 4) is 0 Å². The molecule has 1 aromatic carbocycles. The molecule has 1 aliphatic carbocycles. The lowest BCUT2D eigenvalue weighted by Gasteiger charge is -2.50. The highest BCUT2D eigenvalue weighted by Crippen LogP contribution is 2.38. The molecule has 0 aromatic heterocycles. The van der Waals surface area contributed by atoms with Crippen molar-refractivity contribution in [2.24, 2.45) is 5.73 Å². The van der Waals surface area contributed by atoms with Crippen molar-refractivity contribution in [2.75, 3.05) is 32.6 Å². The van der Waals surface area contributed by atoms with E-state index in [4.69, 9.17) is 11.1 Å². The van der Waals surface area contributed by atoms with Crippen molar-refractivity contribution in [3.63, 3.8) is 0 Å². The van der Waals surface area contributed by atoms with E-state index in [1.807, 2.05) is 12.1 Å². The second-order valence-corrected chi connectivity index (χ2v) is 6.21. The van der Waals surface area contributed by atoms with Crippen LogP contribution in [0.4, 0.5) is 5.69 Å². The van der Waals surface area contributed by atoms with Gasteiger partial charge in [-0.1, -0.05) is 12.1 Å². The predicted octanol–water partition coefficient (Wildman–Crippen LogP) is 2.20. The molecule has 1 aromatic rings. The lowest BCUT2D eigenvalue weighted by Crippen LogP contribution is -2.57. The highest BCUT2D eigenvalue weighted by atomic mass is 15.2. The monoisotopic (exact) mass is 274 g/mol. The van der Waals surface area contributed by atoms with E-state index in [2.05, 4.69) is 43.9 Å². The minimum atomic E-state index is 0.142. The molecule has 0 amide bonds. The molecule has 0 aliphatic heterocycles.